The summed E-state index contributed by atoms with van der Waals surface area (Å²) in [5.41, 5.74) is 0.715. The molecule has 0 bridgehead atoms. The summed E-state index contributed by atoms with van der Waals surface area (Å²) in [6, 6.07) is 0.823. The minimum Gasteiger partial charge on any atom is -0.317 e. The minimum atomic E-state index is 0.715. The predicted molar refractivity (Wildman–Crippen MR) is 214 cm³/mol. The lowest BCUT2D eigenvalue weighted by molar-refractivity contribution is 0.111. The van der Waals surface area contributed by atoms with Crippen LogP contribution in [-0.2, 0) is 0 Å². The van der Waals surface area contributed by atoms with Crippen molar-refractivity contribution in [1.29, 1.82) is 0 Å². The molecule has 6 saturated carbocycles. The molecule has 1 nitrogen and oxygen atoms in total. The lowest BCUT2D eigenvalue weighted by atomic mass is 9.67. The summed E-state index contributed by atoms with van der Waals surface area (Å²) in [4.78, 5) is 0. The summed E-state index contributed by atoms with van der Waals surface area (Å²) in [5, 5.41) is 3.81. The molecule has 0 aromatic carbocycles. The van der Waals surface area contributed by atoms with Crippen molar-refractivity contribution in [3.05, 3.63) is 0 Å². The molecule has 49 heavy (non-hydrogen) atoms. The highest BCUT2D eigenvalue weighted by Gasteiger charge is 2.49. The van der Waals surface area contributed by atoms with Gasteiger partial charge in [0, 0.05) is 6.04 Å². The van der Waals surface area contributed by atoms with Crippen LogP contribution in [0.4, 0.5) is 0 Å². The molecular formula is C48H87N. The van der Waals surface area contributed by atoms with E-state index in [1.807, 2.05) is 0 Å². The fraction of sp³-hybridized carbons (Fsp3) is 1.00. The highest BCUT2D eigenvalue weighted by atomic mass is 14.9. The Morgan fingerprint density at radius 3 is 1.51 bits per heavy atom. The topological polar surface area (TPSA) is 12.0 Å². The van der Waals surface area contributed by atoms with Crippen LogP contribution in [0.3, 0.4) is 0 Å². The molecule has 1 heteroatoms. The van der Waals surface area contributed by atoms with E-state index in [0.29, 0.717) is 5.41 Å². The van der Waals surface area contributed by atoms with Crippen LogP contribution in [0.5, 0.6) is 0 Å². The second kappa shape index (κ2) is 19.9. The van der Waals surface area contributed by atoms with E-state index in [1.165, 1.54) is 70.6 Å². The van der Waals surface area contributed by atoms with Crippen LogP contribution in [0.1, 0.15) is 226 Å². The molecule has 9 atom stereocenters. The third-order valence-corrected chi connectivity index (χ3v) is 17.4. The van der Waals surface area contributed by atoms with Gasteiger partial charge in [0.1, 0.15) is 0 Å². The highest BCUT2D eigenvalue weighted by Crippen LogP contribution is 2.55. The lowest BCUT2D eigenvalue weighted by Gasteiger charge is -2.39. The maximum Gasteiger partial charge on any atom is 0.0100 e. The number of hydrogen-bond donors (Lipinski definition) is 1. The number of fused-ring (bicyclic) bond motifs is 3. The zero-order valence-corrected chi connectivity index (χ0v) is 33.7. The molecular weight excluding hydrogens is 591 g/mol. The highest BCUT2D eigenvalue weighted by molar-refractivity contribution is 5.02. The third kappa shape index (κ3) is 10.8. The molecule has 9 unspecified atom stereocenters. The maximum atomic E-state index is 3.81. The first-order chi connectivity index (χ1) is 24.1. The van der Waals surface area contributed by atoms with Crippen molar-refractivity contribution >= 4 is 0 Å². The van der Waals surface area contributed by atoms with Gasteiger partial charge in [-0.1, -0.05) is 181 Å². The van der Waals surface area contributed by atoms with Crippen LogP contribution in [0.25, 0.3) is 0 Å². The van der Waals surface area contributed by atoms with E-state index in [-0.39, 0.29) is 0 Å². The molecule has 0 aliphatic heterocycles. The molecule has 6 fully saturated rings. The van der Waals surface area contributed by atoms with E-state index in [0.717, 1.165) is 65.2 Å². The molecule has 0 aromatic heterocycles. The Bertz CT molecular complexity index is 863. The molecule has 0 amide bonds. The van der Waals surface area contributed by atoms with Crippen LogP contribution in [-0.4, -0.2) is 13.1 Å². The molecule has 6 aliphatic carbocycles. The van der Waals surface area contributed by atoms with Crippen molar-refractivity contribution < 1.29 is 0 Å². The quantitative estimate of drug-likeness (QED) is 0.256. The summed E-state index contributed by atoms with van der Waals surface area (Å²) in [5.74, 6) is 10.4. The molecule has 1 N–H and O–H groups in total. The first-order valence-corrected chi connectivity index (χ1v) is 23.7. The SMILES string of the molecule is CCCCC(CCCC1CCCC2CCCC3(CCCC4CCCC(C)CCCC4CCC3)CCCC2CCC1)C1C(NC)CC2CCC21. The average Bonchev–Trinajstić information content (AvgIpc) is 3.48. The Labute approximate surface area is 307 Å². The standard InChI is InChI=1S/C48H87N/c1-4-5-20-43(47-45-31-30-44(45)36-46(47)49-3)25-10-19-38-17-8-23-41-28-13-34-48(35-14-29-42(41)24-9-18-38)32-11-26-39-21-6-15-37(2)16-7-22-40(39)27-12-33-48/h37-47,49H,4-36H2,1-3H3. The van der Waals surface area contributed by atoms with E-state index in [4.69, 9.17) is 0 Å². The van der Waals surface area contributed by atoms with E-state index in [9.17, 15) is 0 Å². The fourth-order valence-corrected chi connectivity index (χ4v) is 14.4. The zero-order chi connectivity index (χ0) is 33.9. The Morgan fingerprint density at radius 1 is 0.551 bits per heavy atom. The lowest BCUT2D eigenvalue weighted by Crippen LogP contribution is -2.37. The summed E-state index contributed by atoms with van der Waals surface area (Å²) >= 11 is 0. The van der Waals surface area contributed by atoms with Crippen molar-refractivity contribution in [2.24, 2.45) is 64.6 Å². The van der Waals surface area contributed by atoms with Gasteiger partial charge in [0.15, 0.2) is 0 Å². The van der Waals surface area contributed by atoms with Gasteiger partial charge in [-0.3, -0.25) is 0 Å². The first-order valence-electron chi connectivity index (χ1n) is 23.7. The summed E-state index contributed by atoms with van der Waals surface area (Å²) in [6.45, 7) is 4.94. The normalized spacial score (nSPS) is 42.2. The van der Waals surface area contributed by atoms with Gasteiger partial charge in [0.25, 0.3) is 0 Å². The predicted octanol–water partition coefficient (Wildman–Crippen LogP) is 14.7. The number of nitrogens with one attached hydrogen (secondary N) is 1. The Kier molecular flexibility index (Phi) is 15.7. The van der Waals surface area contributed by atoms with Gasteiger partial charge in [-0.05, 0) is 117 Å². The van der Waals surface area contributed by atoms with Crippen molar-refractivity contribution in [2.45, 2.75) is 232 Å². The van der Waals surface area contributed by atoms with Crippen LogP contribution < -0.4 is 5.32 Å². The van der Waals surface area contributed by atoms with E-state index < -0.39 is 0 Å². The van der Waals surface area contributed by atoms with Crippen LogP contribution in [0, 0.1) is 64.6 Å². The van der Waals surface area contributed by atoms with Crippen molar-refractivity contribution in [2.75, 3.05) is 7.05 Å². The molecule has 1 spiro atoms. The number of unbranched alkanes of at least 4 members (excludes halogenated alkanes) is 1. The van der Waals surface area contributed by atoms with Gasteiger partial charge in [0.2, 0.25) is 0 Å². The smallest absolute Gasteiger partial charge is 0.0100 e. The van der Waals surface area contributed by atoms with Gasteiger partial charge in [-0.25, -0.2) is 0 Å². The average molecular weight is 678 g/mol. The van der Waals surface area contributed by atoms with E-state index in [1.54, 1.807) is 141 Å². The van der Waals surface area contributed by atoms with Crippen molar-refractivity contribution in [1.82, 2.24) is 5.32 Å². The number of rotatable bonds is 9. The molecule has 6 aliphatic rings. The third-order valence-electron chi connectivity index (χ3n) is 17.4. The van der Waals surface area contributed by atoms with Gasteiger partial charge in [-0.15, -0.1) is 0 Å². The molecule has 0 radical (unpaired) electrons. The fourth-order valence-electron chi connectivity index (χ4n) is 14.4. The first kappa shape index (κ1) is 38.7. The monoisotopic (exact) mass is 678 g/mol. The zero-order valence-electron chi connectivity index (χ0n) is 33.7. The maximum absolute atomic E-state index is 3.81. The molecule has 0 heterocycles. The van der Waals surface area contributed by atoms with Gasteiger partial charge < -0.3 is 5.32 Å². The molecule has 0 saturated heterocycles. The Balaban J connectivity index is 0.962. The van der Waals surface area contributed by atoms with Gasteiger partial charge in [-0.2, -0.15) is 0 Å². The van der Waals surface area contributed by atoms with Crippen LogP contribution >= 0.6 is 0 Å². The van der Waals surface area contributed by atoms with Gasteiger partial charge >= 0.3 is 0 Å². The largest absolute Gasteiger partial charge is 0.317 e. The minimum absolute atomic E-state index is 0.715. The Hall–Kier alpha value is -0.0400. The molecule has 0 aromatic rings. The second-order valence-electron chi connectivity index (χ2n) is 20.3. The summed E-state index contributed by atoms with van der Waals surface area (Å²) < 4.78 is 0. The summed E-state index contributed by atoms with van der Waals surface area (Å²) in [7, 11) is 2.27. The Morgan fingerprint density at radius 2 is 1.04 bits per heavy atom. The van der Waals surface area contributed by atoms with Crippen LogP contribution in [0.15, 0.2) is 0 Å². The molecule has 6 rings (SSSR count). The number of hydrogen-bond acceptors (Lipinski definition) is 1. The van der Waals surface area contributed by atoms with Crippen molar-refractivity contribution in [3.63, 3.8) is 0 Å². The van der Waals surface area contributed by atoms with Crippen molar-refractivity contribution in [3.8, 4) is 0 Å². The van der Waals surface area contributed by atoms with Gasteiger partial charge in [0.05, 0.1) is 0 Å². The van der Waals surface area contributed by atoms with E-state index >= 15 is 0 Å². The summed E-state index contributed by atoms with van der Waals surface area (Å²) in [6.07, 6.45) is 51.0. The van der Waals surface area contributed by atoms with Crippen LogP contribution in [0.2, 0.25) is 0 Å². The second-order valence-corrected chi connectivity index (χ2v) is 20.3. The molecule has 284 valence electrons. The van der Waals surface area contributed by atoms with E-state index in [2.05, 4.69) is 26.2 Å².